The molecule has 4 rings (SSSR count). The minimum absolute atomic E-state index is 0.0140. The Kier molecular flexibility index (Phi) is 6.93. The van der Waals surface area contributed by atoms with E-state index in [9.17, 15) is 28.0 Å². The minimum atomic E-state index is -1.02. The summed E-state index contributed by atoms with van der Waals surface area (Å²) < 4.78 is 28.0. The van der Waals surface area contributed by atoms with E-state index in [-0.39, 0.29) is 36.9 Å². The monoisotopic (exact) mass is 508 g/mol. The number of carbonyl (C=O) groups excluding carboxylic acids is 3. The van der Waals surface area contributed by atoms with Crippen molar-refractivity contribution in [2.24, 2.45) is 5.41 Å². The molecule has 0 fully saturated rings. The largest absolute Gasteiger partial charge is 0.340 e. The molecule has 192 valence electrons. The summed E-state index contributed by atoms with van der Waals surface area (Å²) in [6, 6.07) is 11.4. The van der Waals surface area contributed by atoms with Gasteiger partial charge in [0.2, 0.25) is 11.8 Å². The summed E-state index contributed by atoms with van der Waals surface area (Å²) in [5, 5.41) is 5.56. The van der Waals surface area contributed by atoms with Crippen molar-refractivity contribution in [1.82, 2.24) is 9.47 Å². The van der Waals surface area contributed by atoms with Crippen LogP contribution in [0.15, 0.2) is 59.5 Å². The van der Waals surface area contributed by atoms with Crippen LogP contribution in [-0.2, 0) is 22.6 Å². The highest BCUT2D eigenvalue weighted by molar-refractivity contribution is 6.01. The zero-order valence-electron chi connectivity index (χ0n) is 20.6. The second kappa shape index (κ2) is 9.96. The fourth-order valence-electron chi connectivity index (χ4n) is 4.21. The molecular weight excluding hydrogens is 482 g/mol. The van der Waals surface area contributed by atoms with Gasteiger partial charge in [0, 0.05) is 31.2 Å². The first kappa shape index (κ1) is 25.7. The van der Waals surface area contributed by atoms with Crippen LogP contribution in [0.2, 0.25) is 0 Å². The third-order valence-electron chi connectivity index (χ3n) is 6.17. The smallest absolute Gasteiger partial charge is 0.263 e. The van der Waals surface area contributed by atoms with Gasteiger partial charge in [0.25, 0.3) is 11.5 Å². The molecule has 0 saturated heterocycles. The van der Waals surface area contributed by atoms with Crippen LogP contribution in [0.1, 0.15) is 35.3 Å². The van der Waals surface area contributed by atoms with E-state index >= 15 is 0 Å². The molecule has 1 aliphatic rings. The molecule has 2 heterocycles. The SMILES string of the molecule is CN(CC(C)(C)C(=O)Nc1ccc2c(c1)CC(=O)N2)C(=O)c1cccn(Cc2ccc(F)c(F)c2)c1=O. The number of hydrogen-bond donors (Lipinski definition) is 2. The van der Waals surface area contributed by atoms with Gasteiger partial charge in [-0.1, -0.05) is 6.07 Å². The molecule has 2 N–H and O–H groups in total. The lowest BCUT2D eigenvalue weighted by atomic mass is 9.91. The number of amides is 3. The van der Waals surface area contributed by atoms with Crippen molar-refractivity contribution >= 4 is 29.1 Å². The molecule has 1 aliphatic heterocycles. The summed E-state index contributed by atoms with van der Waals surface area (Å²) in [6.45, 7) is 3.32. The molecule has 0 spiro atoms. The third kappa shape index (κ3) is 5.58. The van der Waals surface area contributed by atoms with Gasteiger partial charge in [0.05, 0.1) is 18.4 Å². The highest BCUT2D eigenvalue weighted by atomic mass is 19.2. The predicted octanol–water partition coefficient (Wildman–Crippen LogP) is 3.41. The van der Waals surface area contributed by atoms with E-state index in [0.717, 1.165) is 17.7 Å². The third-order valence-corrected chi connectivity index (χ3v) is 6.17. The Morgan fingerprint density at radius 3 is 2.57 bits per heavy atom. The predicted molar refractivity (Wildman–Crippen MR) is 134 cm³/mol. The van der Waals surface area contributed by atoms with Crippen molar-refractivity contribution in [2.45, 2.75) is 26.8 Å². The number of carbonyl (C=O) groups is 3. The van der Waals surface area contributed by atoms with Gasteiger partial charge in [-0.3, -0.25) is 19.2 Å². The standard InChI is InChI=1S/C27H26F2N4O4/c1-27(2,26(37)30-18-7-9-22-17(12-18)13-23(34)31-22)15-32(3)24(35)19-5-4-10-33(25(19)36)14-16-6-8-20(28)21(29)11-16/h4-12H,13-15H2,1-3H3,(H,30,37)(H,31,34). The zero-order valence-corrected chi connectivity index (χ0v) is 20.6. The van der Waals surface area contributed by atoms with Crippen LogP contribution < -0.4 is 16.2 Å². The summed E-state index contributed by atoms with van der Waals surface area (Å²) in [5.41, 5.74) is 0.681. The van der Waals surface area contributed by atoms with E-state index in [4.69, 9.17) is 0 Å². The Balaban J connectivity index is 1.45. The lowest BCUT2D eigenvalue weighted by Crippen LogP contribution is -2.44. The molecule has 0 atom stereocenters. The molecular formula is C27H26F2N4O4. The number of fused-ring (bicyclic) bond motifs is 1. The normalized spacial score (nSPS) is 12.6. The van der Waals surface area contributed by atoms with Crippen molar-refractivity contribution in [3.8, 4) is 0 Å². The van der Waals surface area contributed by atoms with Crippen LogP contribution in [0.4, 0.5) is 20.2 Å². The van der Waals surface area contributed by atoms with Crippen LogP contribution in [0, 0.1) is 17.0 Å². The molecule has 0 saturated carbocycles. The topological polar surface area (TPSA) is 101 Å². The summed E-state index contributed by atoms with van der Waals surface area (Å²) in [5.74, 6) is -3.04. The fourth-order valence-corrected chi connectivity index (χ4v) is 4.21. The second-order valence-corrected chi connectivity index (χ2v) is 9.70. The van der Waals surface area contributed by atoms with E-state index in [1.807, 2.05) is 0 Å². The van der Waals surface area contributed by atoms with E-state index in [1.165, 1.54) is 40.9 Å². The maximum absolute atomic E-state index is 13.6. The number of pyridine rings is 1. The maximum atomic E-state index is 13.6. The lowest BCUT2D eigenvalue weighted by molar-refractivity contribution is -0.124. The fraction of sp³-hybridized carbons (Fsp3) is 0.259. The van der Waals surface area contributed by atoms with Crippen molar-refractivity contribution in [3.05, 3.63) is 93.4 Å². The van der Waals surface area contributed by atoms with Crippen LogP contribution in [0.25, 0.3) is 0 Å². The molecule has 0 aliphatic carbocycles. The Morgan fingerprint density at radius 2 is 1.84 bits per heavy atom. The molecule has 2 aromatic carbocycles. The average Bonchev–Trinajstić information content (AvgIpc) is 3.21. The summed E-state index contributed by atoms with van der Waals surface area (Å²) >= 11 is 0. The zero-order chi connectivity index (χ0) is 26.9. The van der Waals surface area contributed by atoms with Crippen molar-refractivity contribution < 1.29 is 23.2 Å². The molecule has 1 aromatic heterocycles. The van der Waals surface area contributed by atoms with Gasteiger partial charge < -0.3 is 20.1 Å². The summed E-state index contributed by atoms with van der Waals surface area (Å²) in [7, 11) is 1.50. The van der Waals surface area contributed by atoms with E-state index in [2.05, 4.69) is 10.6 Å². The number of anilines is 2. The molecule has 37 heavy (non-hydrogen) atoms. The maximum Gasteiger partial charge on any atom is 0.263 e. The second-order valence-electron chi connectivity index (χ2n) is 9.70. The van der Waals surface area contributed by atoms with Gasteiger partial charge in [0.1, 0.15) is 5.56 Å². The Morgan fingerprint density at radius 1 is 1.08 bits per heavy atom. The number of hydrogen-bond acceptors (Lipinski definition) is 4. The number of nitrogens with zero attached hydrogens (tertiary/aromatic N) is 2. The number of rotatable bonds is 7. The van der Waals surface area contributed by atoms with Crippen LogP contribution in [0.5, 0.6) is 0 Å². The van der Waals surface area contributed by atoms with Gasteiger partial charge in [-0.15, -0.1) is 0 Å². The summed E-state index contributed by atoms with van der Waals surface area (Å²) in [4.78, 5) is 52.0. The average molecular weight is 509 g/mol. The first-order chi connectivity index (χ1) is 17.4. The number of nitrogens with one attached hydrogen (secondary N) is 2. The molecule has 0 unspecified atom stereocenters. The molecule has 10 heteroatoms. The van der Waals surface area contributed by atoms with Crippen molar-refractivity contribution in [3.63, 3.8) is 0 Å². The molecule has 0 radical (unpaired) electrons. The highest BCUT2D eigenvalue weighted by Gasteiger charge is 2.32. The first-order valence-electron chi connectivity index (χ1n) is 11.6. The van der Waals surface area contributed by atoms with E-state index in [0.29, 0.717) is 16.9 Å². The molecule has 3 amide bonds. The van der Waals surface area contributed by atoms with Crippen LogP contribution in [-0.4, -0.2) is 40.8 Å². The quantitative estimate of drug-likeness (QED) is 0.511. The first-order valence-corrected chi connectivity index (χ1v) is 11.6. The van der Waals surface area contributed by atoms with Crippen molar-refractivity contribution in [2.75, 3.05) is 24.2 Å². The Hall–Kier alpha value is -4.34. The Bertz CT molecular complexity index is 1470. The van der Waals surface area contributed by atoms with Gasteiger partial charge in [-0.25, -0.2) is 8.78 Å². The number of benzene rings is 2. The van der Waals surface area contributed by atoms with E-state index in [1.54, 1.807) is 32.0 Å². The van der Waals surface area contributed by atoms with Crippen LogP contribution >= 0.6 is 0 Å². The van der Waals surface area contributed by atoms with Crippen LogP contribution in [0.3, 0.4) is 0 Å². The Labute approximate surface area is 211 Å². The molecule has 3 aromatic rings. The molecule has 8 nitrogen and oxygen atoms in total. The van der Waals surface area contributed by atoms with Gasteiger partial charge in [-0.2, -0.15) is 0 Å². The van der Waals surface area contributed by atoms with Gasteiger partial charge >= 0.3 is 0 Å². The highest BCUT2D eigenvalue weighted by Crippen LogP contribution is 2.27. The van der Waals surface area contributed by atoms with Gasteiger partial charge in [-0.05, 0) is 67.4 Å². The lowest BCUT2D eigenvalue weighted by Gasteiger charge is -2.29. The summed E-state index contributed by atoms with van der Waals surface area (Å²) in [6.07, 6.45) is 1.70. The van der Waals surface area contributed by atoms with E-state index < -0.39 is 28.5 Å². The van der Waals surface area contributed by atoms with Gasteiger partial charge in [0.15, 0.2) is 11.6 Å². The minimum Gasteiger partial charge on any atom is -0.340 e. The number of halogens is 2. The number of aromatic nitrogens is 1. The van der Waals surface area contributed by atoms with Crippen molar-refractivity contribution in [1.29, 1.82) is 0 Å². The molecule has 0 bridgehead atoms.